The number of benzene rings is 1. The first-order chi connectivity index (χ1) is 9.08. The molecule has 1 N–H and O–H groups in total. The molecule has 5 heteroatoms. The Morgan fingerprint density at radius 1 is 1.32 bits per heavy atom. The number of hydrogen-bond donors (Lipinski definition) is 1. The van der Waals surface area contributed by atoms with Crippen LogP contribution >= 0.6 is 12.2 Å². The molecule has 3 rings (SSSR count). The average molecular weight is 273 g/mol. The smallest absolute Gasteiger partial charge is 0.184 e. The molecule has 0 saturated heterocycles. The molecule has 0 aliphatic heterocycles. The summed E-state index contributed by atoms with van der Waals surface area (Å²) in [4.78, 5) is 7.43. The third kappa shape index (κ3) is 1.86. The highest BCUT2D eigenvalue weighted by Crippen LogP contribution is 2.23. The summed E-state index contributed by atoms with van der Waals surface area (Å²) in [6.07, 6.45) is 1.75. The van der Waals surface area contributed by atoms with Crippen LogP contribution in [-0.4, -0.2) is 14.5 Å². The van der Waals surface area contributed by atoms with E-state index in [4.69, 9.17) is 12.2 Å². The van der Waals surface area contributed by atoms with Crippen LogP contribution in [0.1, 0.15) is 11.1 Å². The van der Waals surface area contributed by atoms with Crippen LogP contribution in [-0.2, 0) is 0 Å². The van der Waals surface area contributed by atoms with Crippen molar-refractivity contribution in [2.45, 2.75) is 13.8 Å². The second-order valence-electron chi connectivity index (χ2n) is 4.55. The van der Waals surface area contributed by atoms with Crippen LogP contribution < -0.4 is 0 Å². The van der Waals surface area contributed by atoms with Crippen molar-refractivity contribution in [2.24, 2.45) is 0 Å². The van der Waals surface area contributed by atoms with E-state index in [0.29, 0.717) is 16.1 Å². The minimum atomic E-state index is -0.306. The number of pyridine rings is 1. The number of aromatic nitrogens is 3. The molecular formula is C14H12FN3S. The van der Waals surface area contributed by atoms with E-state index >= 15 is 0 Å². The largest absolute Gasteiger partial charge is 0.329 e. The molecule has 1 aromatic carbocycles. The second-order valence-corrected chi connectivity index (χ2v) is 4.94. The van der Waals surface area contributed by atoms with Gasteiger partial charge in [-0.15, -0.1) is 0 Å². The standard InChI is InChI=1S/C14H12FN3S/c1-8-6-11-13(16-7-8)18(14(19)17-11)12-9(2)4-3-5-10(12)15/h3-7H,1-2H3,(H,17,19). The molecule has 3 nitrogen and oxygen atoms in total. The van der Waals surface area contributed by atoms with E-state index < -0.39 is 0 Å². The van der Waals surface area contributed by atoms with Gasteiger partial charge in [-0.1, -0.05) is 12.1 Å². The normalized spacial score (nSPS) is 11.1. The molecule has 19 heavy (non-hydrogen) atoms. The number of nitrogens with one attached hydrogen (secondary N) is 1. The fourth-order valence-electron chi connectivity index (χ4n) is 2.21. The van der Waals surface area contributed by atoms with Crippen LogP contribution in [0.15, 0.2) is 30.5 Å². The quantitative estimate of drug-likeness (QED) is 0.683. The third-order valence-electron chi connectivity index (χ3n) is 3.07. The van der Waals surface area contributed by atoms with Crippen LogP contribution in [0.3, 0.4) is 0 Å². The number of rotatable bonds is 1. The lowest BCUT2D eigenvalue weighted by atomic mass is 10.2. The van der Waals surface area contributed by atoms with Crippen LogP contribution in [0, 0.1) is 24.4 Å². The second kappa shape index (κ2) is 4.28. The lowest BCUT2D eigenvalue weighted by molar-refractivity contribution is 0.617. The van der Waals surface area contributed by atoms with E-state index in [1.54, 1.807) is 16.8 Å². The summed E-state index contributed by atoms with van der Waals surface area (Å²) in [6, 6.07) is 6.92. The van der Waals surface area contributed by atoms with E-state index in [2.05, 4.69) is 9.97 Å². The van der Waals surface area contributed by atoms with Crippen LogP contribution in [0.4, 0.5) is 4.39 Å². The van der Waals surface area contributed by atoms with E-state index in [1.807, 2.05) is 26.0 Å². The van der Waals surface area contributed by atoms with Gasteiger partial charge in [0.15, 0.2) is 10.4 Å². The SMILES string of the molecule is Cc1cnc2c(c1)[nH]c(=S)n2-c1c(C)cccc1F. The molecule has 0 spiro atoms. The summed E-state index contributed by atoms with van der Waals surface area (Å²) in [5.41, 5.74) is 3.76. The van der Waals surface area contributed by atoms with E-state index in [0.717, 1.165) is 16.6 Å². The summed E-state index contributed by atoms with van der Waals surface area (Å²) in [7, 11) is 0. The number of H-pyrrole nitrogens is 1. The highest BCUT2D eigenvalue weighted by molar-refractivity contribution is 7.71. The summed E-state index contributed by atoms with van der Waals surface area (Å²) in [5.74, 6) is -0.306. The zero-order valence-corrected chi connectivity index (χ0v) is 11.4. The van der Waals surface area contributed by atoms with Gasteiger partial charge >= 0.3 is 0 Å². The van der Waals surface area contributed by atoms with Crippen molar-refractivity contribution < 1.29 is 4.39 Å². The summed E-state index contributed by atoms with van der Waals surface area (Å²) < 4.78 is 16.2. The first kappa shape index (κ1) is 12.0. The molecule has 2 heterocycles. The number of aryl methyl sites for hydroxylation is 2. The summed E-state index contributed by atoms with van der Waals surface area (Å²) >= 11 is 5.30. The molecule has 0 aliphatic rings. The molecule has 3 aromatic rings. The zero-order chi connectivity index (χ0) is 13.6. The molecule has 0 bridgehead atoms. The maximum absolute atomic E-state index is 14.1. The van der Waals surface area contributed by atoms with Gasteiger partial charge in [-0.05, 0) is 49.3 Å². The maximum atomic E-state index is 14.1. The molecule has 0 fully saturated rings. The van der Waals surface area contributed by atoms with Gasteiger partial charge in [0, 0.05) is 6.20 Å². The first-order valence-electron chi connectivity index (χ1n) is 5.91. The number of nitrogens with zero attached hydrogens (tertiary/aromatic N) is 2. The van der Waals surface area contributed by atoms with Crippen molar-refractivity contribution in [3.63, 3.8) is 0 Å². The maximum Gasteiger partial charge on any atom is 0.184 e. The number of aromatic amines is 1. The Balaban J connectivity index is 2.43. The minimum absolute atomic E-state index is 0.306. The molecule has 0 radical (unpaired) electrons. The van der Waals surface area contributed by atoms with Crippen molar-refractivity contribution in [1.82, 2.24) is 14.5 Å². The topological polar surface area (TPSA) is 33.6 Å². The fraction of sp³-hybridized carbons (Fsp3) is 0.143. The Bertz CT molecular complexity index is 812. The van der Waals surface area contributed by atoms with Gasteiger partial charge in [-0.2, -0.15) is 0 Å². The summed E-state index contributed by atoms with van der Waals surface area (Å²) in [6.45, 7) is 3.81. The van der Waals surface area contributed by atoms with Crippen LogP contribution in [0.2, 0.25) is 0 Å². The van der Waals surface area contributed by atoms with Gasteiger partial charge in [0.25, 0.3) is 0 Å². The molecule has 96 valence electrons. The molecule has 0 unspecified atom stereocenters. The Labute approximate surface area is 114 Å². The Kier molecular flexibility index (Phi) is 2.71. The lowest BCUT2D eigenvalue weighted by Crippen LogP contribution is -2.01. The molecule has 0 atom stereocenters. The number of fused-ring (bicyclic) bond motifs is 1. The van der Waals surface area contributed by atoms with Crippen molar-refractivity contribution in [1.29, 1.82) is 0 Å². The van der Waals surface area contributed by atoms with Gasteiger partial charge in [0.2, 0.25) is 0 Å². The molecule has 0 amide bonds. The predicted octanol–water partition coefficient (Wildman–Crippen LogP) is 3.84. The van der Waals surface area contributed by atoms with Gasteiger partial charge in [0.1, 0.15) is 5.82 Å². The molecule has 0 saturated carbocycles. The fourth-order valence-corrected chi connectivity index (χ4v) is 2.50. The minimum Gasteiger partial charge on any atom is -0.329 e. The first-order valence-corrected chi connectivity index (χ1v) is 6.31. The van der Waals surface area contributed by atoms with E-state index in [1.165, 1.54) is 6.07 Å². The third-order valence-corrected chi connectivity index (χ3v) is 3.36. The van der Waals surface area contributed by atoms with Gasteiger partial charge < -0.3 is 4.98 Å². The van der Waals surface area contributed by atoms with E-state index in [-0.39, 0.29) is 5.82 Å². The highest BCUT2D eigenvalue weighted by Gasteiger charge is 2.13. The lowest BCUT2D eigenvalue weighted by Gasteiger charge is -2.08. The molecular weight excluding hydrogens is 261 g/mol. The highest BCUT2D eigenvalue weighted by atomic mass is 32.1. The predicted molar refractivity (Wildman–Crippen MR) is 75.7 cm³/mol. The van der Waals surface area contributed by atoms with Crippen LogP contribution in [0.5, 0.6) is 0 Å². The van der Waals surface area contributed by atoms with Gasteiger partial charge in [0.05, 0.1) is 11.2 Å². The number of imidazole rings is 1. The van der Waals surface area contributed by atoms with Crippen molar-refractivity contribution in [2.75, 3.05) is 0 Å². The zero-order valence-electron chi connectivity index (χ0n) is 10.6. The van der Waals surface area contributed by atoms with E-state index in [9.17, 15) is 4.39 Å². The number of para-hydroxylation sites is 1. The van der Waals surface area contributed by atoms with Crippen molar-refractivity contribution in [3.8, 4) is 5.69 Å². The van der Waals surface area contributed by atoms with Crippen LogP contribution in [0.25, 0.3) is 16.9 Å². The Morgan fingerprint density at radius 3 is 2.84 bits per heavy atom. The summed E-state index contributed by atoms with van der Waals surface area (Å²) in [5, 5.41) is 0. The van der Waals surface area contributed by atoms with Crippen molar-refractivity contribution in [3.05, 3.63) is 52.2 Å². The Morgan fingerprint density at radius 2 is 2.11 bits per heavy atom. The van der Waals surface area contributed by atoms with Crippen molar-refractivity contribution >= 4 is 23.4 Å². The number of halogens is 1. The average Bonchev–Trinajstić information content (AvgIpc) is 2.65. The molecule has 2 aromatic heterocycles. The van der Waals surface area contributed by atoms with Gasteiger partial charge in [-0.3, -0.25) is 4.57 Å². The van der Waals surface area contributed by atoms with Gasteiger partial charge in [-0.25, -0.2) is 9.37 Å². The number of hydrogen-bond acceptors (Lipinski definition) is 2. The Hall–Kier alpha value is -2.01. The monoisotopic (exact) mass is 273 g/mol. The molecule has 0 aliphatic carbocycles.